The lowest BCUT2D eigenvalue weighted by Crippen LogP contribution is -2.64. The number of halogens is 1. The van der Waals surface area contributed by atoms with Crippen LogP contribution in [0.3, 0.4) is 0 Å². The van der Waals surface area contributed by atoms with Crippen LogP contribution < -0.4 is 4.90 Å². The molecule has 2 aliphatic heterocycles. The van der Waals surface area contributed by atoms with Gasteiger partial charge in [0.1, 0.15) is 18.4 Å². The van der Waals surface area contributed by atoms with Crippen molar-refractivity contribution in [3.8, 4) is 0 Å². The van der Waals surface area contributed by atoms with Crippen LogP contribution >= 0.6 is 23.4 Å². The Morgan fingerprint density at radius 2 is 1.85 bits per heavy atom. The monoisotopic (exact) mass is 492 g/mol. The van der Waals surface area contributed by atoms with Crippen LogP contribution in [0.1, 0.15) is 19.4 Å². The van der Waals surface area contributed by atoms with Crippen molar-refractivity contribution < 1.29 is 19.7 Å². The summed E-state index contributed by atoms with van der Waals surface area (Å²) in [7, 11) is 0. The van der Waals surface area contributed by atoms with Crippen molar-refractivity contribution in [1.82, 2.24) is 4.90 Å². The number of fused-ring (bicyclic) bond motifs is 2. The Balaban J connectivity index is 1.52. The molecular weight excluding hydrogens is 460 g/mol. The predicted octanol–water partition coefficient (Wildman–Crippen LogP) is 3.63. The molecule has 0 aliphatic carbocycles. The van der Waals surface area contributed by atoms with Gasteiger partial charge in [0.05, 0.1) is 30.3 Å². The first-order chi connectivity index (χ1) is 16.0. The largest absolute Gasteiger partial charge is 0.389 e. The van der Waals surface area contributed by atoms with Gasteiger partial charge in [0, 0.05) is 23.0 Å². The number of rotatable bonds is 9. The predicted molar refractivity (Wildman–Crippen MR) is 133 cm³/mol. The zero-order valence-corrected chi connectivity index (χ0v) is 20.7. The van der Waals surface area contributed by atoms with Crippen molar-refractivity contribution in [2.45, 2.75) is 55.1 Å². The standard InChI is InChI=1S/C25H33ClN2O4S/c1-3-27(4-2)12-13-28-19-14-18(26)10-11-21(19)33-24-23(30)22(29)20(32-25(24)28)16-31-15-17-8-6-5-7-9-17/h5-11,14,20,22-25,29-30H,3-4,12-13,15-16H2,1-2H3/t20-,22-,23+,24+,25-/m1/s1. The van der Waals surface area contributed by atoms with E-state index in [1.165, 1.54) is 0 Å². The molecule has 0 aromatic heterocycles. The quantitative estimate of drug-likeness (QED) is 0.554. The Bertz CT molecular complexity index is 901. The molecule has 5 atom stereocenters. The van der Waals surface area contributed by atoms with Crippen LogP contribution in [-0.4, -0.2) is 77.7 Å². The number of hydrogen-bond donors (Lipinski definition) is 2. The van der Waals surface area contributed by atoms with Crippen molar-refractivity contribution >= 4 is 29.1 Å². The number of benzene rings is 2. The lowest BCUT2D eigenvalue weighted by molar-refractivity contribution is -0.183. The number of nitrogens with zero attached hydrogens (tertiary/aromatic N) is 2. The Morgan fingerprint density at radius 3 is 2.58 bits per heavy atom. The minimum absolute atomic E-state index is 0.202. The van der Waals surface area contributed by atoms with Gasteiger partial charge in [-0.15, -0.1) is 11.8 Å². The van der Waals surface area contributed by atoms with Gasteiger partial charge in [-0.3, -0.25) is 0 Å². The van der Waals surface area contributed by atoms with Gasteiger partial charge < -0.3 is 29.5 Å². The summed E-state index contributed by atoms with van der Waals surface area (Å²) >= 11 is 7.89. The van der Waals surface area contributed by atoms with E-state index in [0.29, 0.717) is 11.6 Å². The number of thioether (sulfide) groups is 1. The molecule has 2 aromatic rings. The zero-order valence-electron chi connectivity index (χ0n) is 19.1. The number of anilines is 1. The Morgan fingerprint density at radius 1 is 1.09 bits per heavy atom. The highest BCUT2D eigenvalue weighted by molar-refractivity contribution is 8.00. The van der Waals surface area contributed by atoms with Crippen LogP contribution in [0.15, 0.2) is 53.4 Å². The first-order valence-electron chi connectivity index (χ1n) is 11.6. The molecule has 0 spiro atoms. The fourth-order valence-corrected chi connectivity index (χ4v) is 5.97. The molecule has 2 aliphatic rings. The van der Waals surface area contributed by atoms with Crippen molar-refractivity contribution in [3.63, 3.8) is 0 Å². The normalized spacial score (nSPS) is 26.8. The maximum Gasteiger partial charge on any atom is 0.145 e. The Kier molecular flexibility index (Phi) is 8.57. The van der Waals surface area contributed by atoms with Crippen LogP contribution in [0.25, 0.3) is 0 Å². The molecule has 33 heavy (non-hydrogen) atoms. The highest BCUT2D eigenvalue weighted by Crippen LogP contribution is 2.47. The van der Waals surface area contributed by atoms with Crippen LogP contribution in [0.5, 0.6) is 0 Å². The van der Waals surface area contributed by atoms with E-state index in [1.807, 2.05) is 48.5 Å². The number of likely N-dealkylation sites (N-methyl/N-ethyl adjacent to an activating group) is 1. The number of hydrogen-bond acceptors (Lipinski definition) is 7. The van der Waals surface area contributed by atoms with Gasteiger partial charge >= 0.3 is 0 Å². The van der Waals surface area contributed by atoms with Crippen LogP contribution in [0.2, 0.25) is 5.02 Å². The molecule has 1 fully saturated rings. The lowest BCUT2D eigenvalue weighted by Gasteiger charge is -2.50. The molecule has 2 aromatic carbocycles. The summed E-state index contributed by atoms with van der Waals surface area (Å²) in [5.74, 6) is 0. The molecule has 0 amide bonds. The van der Waals surface area contributed by atoms with E-state index in [-0.39, 0.29) is 18.1 Å². The molecule has 2 N–H and O–H groups in total. The minimum Gasteiger partial charge on any atom is -0.389 e. The van der Waals surface area contributed by atoms with Crippen molar-refractivity contribution in [2.75, 3.05) is 37.7 Å². The molecule has 0 radical (unpaired) electrons. The van der Waals surface area contributed by atoms with Gasteiger partial charge in [-0.2, -0.15) is 0 Å². The molecule has 0 bridgehead atoms. The van der Waals surface area contributed by atoms with Crippen LogP contribution in [0.4, 0.5) is 5.69 Å². The number of aliphatic hydroxyl groups is 2. The topological polar surface area (TPSA) is 65.4 Å². The summed E-state index contributed by atoms with van der Waals surface area (Å²) in [6.45, 7) is 8.47. The van der Waals surface area contributed by atoms with E-state index in [2.05, 4.69) is 23.6 Å². The number of ether oxygens (including phenoxy) is 2. The molecule has 0 saturated carbocycles. The maximum absolute atomic E-state index is 11.1. The third-order valence-electron chi connectivity index (χ3n) is 6.41. The second-order valence-electron chi connectivity index (χ2n) is 8.46. The third kappa shape index (κ3) is 5.68. The molecule has 0 unspecified atom stereocenters. The molecular formula is C25H33ClN2O4S. The van der Waals surface area contributed by atoms with Crippen molar-refractivity contribution in [1.29, 1.82) is 0 Å². The van der Waals surface area contributed by atoms with E-state index in [1.54, 1.807) is 11.8 Å². The van der Waals surface area contributed by atoms with E-state index < -0.39 is 18.3 Å². The van der Waals surface area contributed by atoms with Gasteiger partial charge in [-0.05, 0) is 36.9 Å². The molecule has 8 heteroatoms. The van der Waals surface area contributed by atoms with Crippen molar-refractivity contribution in [3.05, 3.63) is 59.1 Å². The van der Waals surface area contributed by atoms with E-state index in [9.17, 15) is 10.2 Å². The highest BCUT2D eigenvalue weighted by Gasteiger charge is 2.49. The molecule has 180 valence electrons. The number of aliphatic hydroxyl groups excluding tert-OH is 2. The van der Waals surface area contributed by atoms with E-state index in [4.69, 9.17) is 21.1 Å². The summed E-state index contributed by atoms with van der Waals surface area (Å²) in [6.07, 6.45) is -2.96. The van der Waals surface area contributed by atoms with Gasteiger partial charge in [0.25, 0.3) is 0 Å². The second-order valence-corrected chi connectivity index (χ2v) is 10.1. The Hall–Kier alpha value is -1.32. The molecule has 1 saturated heterocycles. The minimum atomic E-state index is -1.02. The summed E-state index contributed by atoms with van der Waals surface area (Å²) in [5, 5.41) is 22.2. The van der Waals surface area contributed by atoms with E-state index >= 15 is 0 Å². The summed E-state index contributed by atoms with van der Waals surface area (Å²) in [6, 6.07) is 15.7. The van der Waals surface area contributed by atoms with Crippen LogP contribution in [0, 0.1) is 0 Å². The second kappa shape index (κ2) is 11.4. The molecule has 6 nitrogen and oxygen atoms in total. The van der Waals surface area contributed by atoms with Gasteiger partial charge in [-0.25, -0.2) is 0 Å². The zero-order chi connectivity index (χ0) is 23.4. The first kappa shape index (κ1) is 24.8. The SMILES string of the molecule is CCN(CC)CCN1c2cc(Cl)ccc2S[C@H]2[C@@H](O)[C@H](O)[C@@H](COCc3ccccc3)O[C@H]21. The summed E-state index contributed by atoms with van der Waals surface area (Å²) < 4.78 is 12.3. The van der Waals surface area contributed by atoms with Gasteiger partial charge in [0.15, 0.2) is 0 Å². The fraction of sp³-hybridized carbons (Fsp3) is 0.520. The lowest BCUT2D eigenvalue weighted by atomic mass is 9.99. The molecule has 2 heterocycles. The Labute approximate surface area is 205 Å². The first-order valence-corrected chi connectivity index (χ1v) is 12.9. The third-order valence-corrected chi connectivity index (χ3v) is 8.03. The van der Waals surface area contributed by atoms with Crippen molar-refractivity contribution in [2.24, 2.45) is 0 Å². The summed E-state index contributed by atoms with van der Waals surface area (Å²) in [5.41, 5.74) is 2.06. The highest BCUT2D eigenvalue weighted by atomic mass is 35.5. The molecule has 4 rings (SSSR count). The average molecular weight is 493 g/mol. The average Bonchev–Trinajstić information content (AvgIpc) is 2.83. The van der Waals surface area contributed by atoms with Gasteiger partial charge in [-0.1, -0.05) is 55.8 Å². The van der Waals surface area contributed by atoms with Crippen LogP contribution in [-0.2, 0) is 16.1 Å². The fourth-order valence-electron chi connectivity index (χ4n) is 4.44. The van der Waals surface area contributed by atoms with E-state index in [0.717, 1.165) is 42.3 Å². The maximum atomic E-state index is 11.1. The summed E-state index contributed by atoms with van der Waals surface area (Å²) in [4.78, 5) is 5.59. The van der Waals surface area contributed by atoms with Gasteiger partial charge in [0.2, 0.25) is 0 Å². The smallest absolute Gasteiger partial charge is 0.145 e.